The molecule has 0 atom stereocenters. The quantitative estimate of drug-likeness (QED) is 0.305. The van der Waals surface area contributed by atoms with Crippen molar-refractivity contribution in [3.05, 3.63) is 46.8 Å². The van der Waals surface area contributed by atoms with Crippen LogP contribution < -0.4 is 5.19 Å². The van der Waals surface area contributed by atoms with Gasteiger partial charge in [-0.3, -0.25) is 0 Å². The first kappa shape index (κ1) is 15.6. The molecule has 0 saturated heterocycles. The third-order valence-corrected chi connectivity index (χ3v) is 7.35. The second kappa shape index (κ2) is 7.86. The summed E-state index contributed by atoms with van der Waals surface area (Å²) >= 11 is 11.5. The minimum Gasteiger partial charge on any atom is -0.127 e. The van der Waals surface area contributed by atoms with Crippen LogP contribution in [0.2, 0.25) is 13.1 Å². The van der Waals surface area contributed by atoms with E-state index in [-0.39, 0.29) is 0 Å². The Kier molecular flexibility index (Phi) is 6.81. The fraction of sp³-hybridized carbons (Fsp3) is 0.400. The number of hydrogen-bond acceptors (Lipinski definition) is 0. The highest BCUT2D eigenvalue weighted by Crippen LogP contribution is 2.20. The SMILES string of the molecule is C[Si](C)(C(=C=CCl)CCCCCl)c1ccccc1. The van der Waals surface area contributed by atoms with E-state index in [0.29, 0.717) is 0 Å². The number of allylic oxidation sites excluding steroid dienone is 1. The fourth-order valence-electron chi connectivity index (χ4n) is 2.06. The van der Waals surface area contributed by atoms with E-state index in [2.05, 4.69) is 49.2 Å². The summed E-state index contributed by atoms with van der Waals surface area (Å²) in [5.41, 5.74) is 4.78. The van der Waals surface area contributed by atoms with Crippen molar-refractivity contribution in [3.63, 3.8) is 0 Å². The van der Waals surface area contributed by atoms with Gasteiger partial charge in [0.05, 0.1) is 0 Å². The largest absolute Gasteiger partial charge is 0.127 e. The van der Waals surface area contributed by atoms with Crippen LogP contribution >= 0.6 is 23.2 Å². The van der Waals surface area contributed by atoms with Crippen LogP contribution in [-0.4, -0.2) is 14.0 Å². The number of halogens is 2. The normalized spacial score (nSPS) is 10.9. The Morgan fingerprint density at radius 1 is 1.22 bits per heavy atom. The molecule has 0 nitrogen and oxygen atoms in total. The van der Waals surface area contributed by atoms with Gasteiger partial charge in [-0.25, -0.2) is 0 Å². The average molecular weight is 299 g/mol. The summed E-state index contributed by atoms with van der Waals surface area (Å²) in [6.07, 6.45) is 3.21. The van der Waals surface area contributed by atoms with Crippen LogP contribution in [0.1, 0.15) is 19.3 Å². The smallest absolute Gasteiger partial charge is 0.116 e. The van der Waals surface area contributed by atoms with Crippen LogP contribution in [0.25, 0.3) is 0 Å². The molecule has 0 unspecified atom stereocenters. The average Bonchev–Trinajstić information content (AvgIpc) is 2.39. The lowest BCUT2D eigenvalue weighted by atomic mass is 10.2. The fourth-order valence-corrected chi connectivity index (χ4v) is 5.08. The second-order valence-corrected chi connectivity index (χ2v) is 9.90. The summed E-state index contributed by atoms with van der Waals surface area (Å²) in [5.74, 6) is 0.727. The predicted octanol–water partition coefficient (Wildman–Crippen LogP) is 4.83. The van der Waals surface area contributed by atoms with Crippen molar-refractivity contribution in [2.24, 2.45) is 0 Å². The van der Waals surface area contributed by atoms with Crippen molar-refractivity contribution >= 4 is 36.5 Å². The predicted molar refractivity (Wildman–Crippen MR) is 85.6 cm³/mol. The zero-order chi connectivity index (χ0) is 13.4. The Labute approximate surface area is 121 Å². The molecule has 0 aliphatic rings. The Bertz CT molecular complexity index is 417. The maximum Gasteiger partial charge on any atom is 0.116 e. The van der Waals surface area contributed by atoms with Gasteiger partial charge < -0.3 is 0 Å². The van der Waals surface area contributed by atoms with Gasteiger partial charge in [0.25, 0.3) is 0 Å². The van der Waals surface area contributed by atoms with Crippen LogP contribution in [-0.2, 0) is 0 Å². The van der Waals surface area contributed by atoms with Gasteiger partial charge in [0.15, 0.2) is 0 Å². The van der Waals surface area contributed by atoms with E-state index < -0.39 is 8.07 Å². The van der Waals surface area contributed by atoms with E-state index in [1.807, 2.05) is 0 Å². The van der Waals surface area contributed by atoms with Crippen molar-refractivity contribution in [2.45, 2.75) is 32.4 Å². The molecule has 0 radical (unpaired) electrons. The molecular weight excluding hydrogens is 279 g/mol. The molecule has 0 bridgehead atoms. The molecule has 0 aliphatic heterocycles. The van der Waals surface area contributed by atoms with Crippen LogP contribution in [0.4, 0.5) is 0 Å². The molecule has 98 valence electrons. The van der Waals surface area contributed by atoms with E-state index in [1.54, 1.807) is 0 Å². The Morgan fingerprint density at radius 3 is 2.44 bits per heavy atom. The summed E-state index contributed by atoms with van der Waals surface area (Å²) in [7, 11) is -1.63. The molecule has 0 aliphatic carbocycles. The lowest BCUT2D eigenvalue weighted by Gasteiger charge is -2.25. The summed E-state index contributed by atoms with van der Waals surface area (Å²) < 4.78 is 0. The summed E-state index contributed by atoms with van der Waals surface area (Å²) in [6.45, 7) is 4.71. The first-order valence-electron chi connectivity index (χ1n) is 6.29. The topological polar surface area (TPSA) is 0 Å². The Hall–Kier alpha value is -0.463. The van der Waals surface area contributed by atoms with Crippen molar-refractivity contribution in [3.8, 4) is 0 Å². The van der Waals surface area contributed by atoms with E-state index in [9.17, 15) is 0 Å². The molecule has 3 heteroatoms. The number of alkyl halides is 1. The van der Waals surface area contributed by atoms with Crippen molar-refractivity contribution in [1.82, 2.24) is 0 Å². The van der Waals surface area contributed by atoms with Crippen molar-refractivity contribution in [1.29, 1.82) is 0 Å². The lowest BCUT2D eigenvalue weighted by molar-refractivity contribution is 0.809. The monoisotopic (exact) mass is 298 g/mol. The van der Waals surface area contributed by atoms with Gasteiger partial charge in [-0.05, 0) is 24.5 Å². The highest BCUT2D eigenvalue weighted by Gasteiger charge is 2.27. The minimum atomic E-state index is -1.63. The number of rotatable bonds is 6. The van der Waals surface area contributed by atoms with Crippen LogP contribution in [0.5, 0.6) is 0 Å². The maximum absolute atomic E-state index is 5.74. The van der Waals surface area contributed by atoms with Crippen molar-refractivity contribution < 1.29 is 0 Å². The minimum absolute atomic E-state index is 0.727. The number of unbranched alkanes of at least 4 members (excludes halogenated alkanes) is 1. The van der Waals surface area contributed by atoms with Crippen LogP contribution in [0, 0.1) is 0 Å². The van der Waals surface area contributed by atoms with Gasteiger partial charge in [-0.15, -0.1) is 17.3 Å². The second-order valence-electron chi connectivity index (χ2n) is 4.87. The van der Waals surface area contributed by atoms with Gasteiger partial charge in [0, 0.05) is 11.4 Å². The molecule has 1 aromatic carbocycles. The lowest BCUT2D eigenvalue weighted by Crippen LogP contribution is -2.43. The highest BCUT2D eigenvalue weighted by atomic mass is 35.5. The van der Waals surface area contributed by atoms with E-state index >= 15 is 0 Å². The van der Waals surface area contributed by atoms with Crippen molar-refractivity contribution in [2.75, 3.05) is 5.88 Å². The standard InChI is InChI=1S/C15H20Cl2Si/c1-18(2,14-8-4-3-5-9-14)15(11-13-17)10-6-7-12-16/h3-5,8-9,13H,6-7,10,12H2,1-2H3. The molecule has 18 heavy (non-hydrogen) atoms. The van der Waals surface area contributed by atoms with E-state index in [0.717, 1.165) is 25.1 Å². The van der Waals surface area contributed by atoms with Crippen LogP contribution in [0.3, 0.4) is 0 Å². The molecule has 0 N–H and O–H groups in total. The van der Waals surface area contributed by atoms with Gasteiger partial charge >= 0.3 is 0 Å². The molecule has 0 saturated carbocycles. The summed E-state index contributed by atoms with van der Waals surface area (Å²) in [4.78, 5) is 0. The molecule has 0 amide bonds. The third-order valence-electron chi connectivity index (χ3n) is 3.29. The zero-order valence-corrected chi connectivity index (χ0v) is 13.6. The zero-order valence-electron chi connectivity index (χ0n) is 11.0. The molecule has 0 fully saturated rings. The Morgan fingerprint density at radius 2 is 1.89 bits per heavy atom. The first-order chi connectivity index (χ1) is 8.62. The molecule has 1 rings (SSSR count). The molecular formula is C15H20Cl2Si. The number of benzene rings is 1. The summed E-state index contributed by atoms with van der Waals surface area (Å²) in [5, 5.41) is 2.80. The number of hydrogen-bond donors (Lipinski definition) is 0. The molecule has 0 aromatic heterocycles. The molecule has 0 spiro atoms. The first-order valence-corrected chi connectivity index (χ1v) is 10.3. The Balaban J connectivity index is 2.95. The highest BCUT2D eigenvalue weighted by molar-refractivity contribution is 6.95. The summed E-state index contributed by atoms with van der Waals surface area (Å²) in [6, 6.07) is 10.7. The maximum atomic E-state index is 5.74. The van der Waals surface area contributed by atoms with Gasteiger partial charge in [-0.1, -0.05) is 60.2 Å². The van der Waals surface area contributed by atoms with Crippen LogP contribution in [0.15, 0.2) is 46.8 Å². The van der Waals surface area contributed by atoms with Gasteiger partial charge in [0.1, 0.15) is 8.07 Å². The molecule has 0 heterocycles. The third kappa shape index (κ3) is 4.33. The van der Waals surface area contributed by atoms with Gasteiger partial charge in [0.2, 0.25) is 0 Å². The van der Waals surface area contributed by atoms with Gasteiger partial charge in [-0.2, -0.15) is 0 Å². The molecule has 1 aromatic rings. The van der Waals surface area contributed by atoms with E-state index in [1.165, 1.54) is 15.9 Å². The van der Waals surface area contributed by atoms with E-state index in [4.69, 9.17) is 23.2 Å².